The summed E-state index contributed by atoms with van der Waals surface area (Å²) in [6.45, 7) is 2.81. The Morgan fingerprint density at radius 3 is 2.87 bits per heavy atom. The van der Waals surface area contributed by atoms with Crippen LogP contribution in [0.4, 0.5) is 0 Å². The van der Waals surface area contributed by atoms with Crippen LogP contribution >= 0.6 is 0 Å². The second kappa shape index (κ2) is 3.19. The minimum Gasteiger partial charge on any atom is -0.292 e. The van der Waals surface area contributed by atoms with Crippen LogP contribution in [-0.2, 0) is 6.54 Å². The Hall–Kier alpha value is -1.12. The smallest absolute Gasteiger partial charge is 0.183 e. The first-order chi connectivity index (χ1) is 7.29. The summed E-state index contributed by atoms with van der Waals surface area (Å²) in [6.07, 6.45) is 5.35. The van der Waals surface area contributed by atoms with Crippen molar-refractivity contribution in [3.05, 3.63) is 18.0 Å². The molecule has 0 N–H and O–H groups in total. The van der Waals surface area contributed by atoms with Crippen molar-refractivity contribution in [3.8, 4) is 0 Å². The molecule has 1 heterocycles. The van der Waals surface area contributed by atoms with Crippen LogP contribution in [0.2, 0.25) is 0 Å². The number of hydrogen-bond donors (Lipinski definition) is 0. The third-order valence-corrected chi connectivity index (χ3v) is 3.88. The summed E-state index contributed by atoms with van der Waals surface area (Å²) in [6, 6.07) is 1.86. The van der Waals surface area contributed by atoms with Gasteiger partial charge in [0.15, 0.2) is 5.78 Å². The van der Waals surface area contributed by atoms with Crippen molar-refractivity contribution >= 4 is 5.78 Å². The van der Waals surface area contributed by atoms with E-state index < -0.39 is 0 Å². The molecule has 0 spiro atoms. The Morgan fingerprint density at radius 2 is 2.20 bits per heavy atom. The highest BCUT2D eigenvalue weighted by atomic mass is 16.1. The molecular weight excluding hydrogens is 188 g/mol. The topological polar surface area (TPSA) is 34.9 Å². The van der Waals surface area contributed by atoms with Gasteiger partial charge in [-0.25, -0.2) is 0 Å². The summed E-state index contributed by atoms with van der Waals surface area (Å²) in [5.74, 6) is 2.35. The number of aryl methyl sites for hydroxylation is 1. The molecule has 2 aliphatic carbocycles. The Morgan fingerprint density at radius 1 is 1.47 bits per heavy atom. The molecule has 0 bridgehead atoms. The van der Waals surface area contributed by atoms with Gasteiger partial charge < -0.3 is 0 Å². The van der Waals surface area contributed by atoms with Gasteiger partial charge in [-0.15, -0.1) is 0 Å². The molecule has 2 saturated carbocycles. The predicted molar refractivity (Wildman–Crippen MR) is 56.6 cm³/mol. The summed E-state index contributed by atoms with van der Waals surface area (Å²) < 4.78 is 1.81. The van der Waals surface area contributed by atoms with Gasteiger partial charge in [0.1, 0.15) is 5.69 Å². The number of carbonyl (C=O) groups is 1. The van der Waals surface area contributed by atoms with E-state index in [1.54, 1.807) is 6.20 Å². The van der Waals surface area contributed by atoms with Gasteiger partial charge in [-0.2, -0.15) is 5.10 Å². The largest absolute Gasteiger partial charge is 0.292 e. The van der Waals surface area contributed by atoms with Crippen LogP contribution in [0.3, 0.4) is 0 Å². The van der Waals surface area contributed by atoms with E-state index in [9.17, 15) is 4.79 Å². The predicted octanol–water partition coefficient (Wildman–Crippen LogP) is 2.13. The molecule has 15 heavy (non-hydrogen) atoms. The minimum absolute atomic E-state index is 0.288. The Labute approximate surface area is 89.5 Å². The Bertz CT molecular complexity index is 386. The lowest BCUT2D eigenvalue weighted by Crippen LogP contribution is -2.17. The van der Waals surface area contributed by atoms with E-state index >= 15 is 0 Å². The van der Waals surface area contributed by atoms with Crippen molar-refractivity contribution in [3.63, 3.8) is 0 Å². The molecular formula is C12H16N2O. The normalized spacial score (nSPS) is 32.7. The van der Waals surface area contributed by atoms with E-state index in [0.717, 1.165) is 36.9 Å². The summed E-state index contributed by atoms with van der Waals surface area (Å²) >= 11 is 0. The number of fused-ring (bicyclic) bond motifs is 1. The highest BCUT2D eigenvalue weighted by molar-refractivity contribution is 5.96. The first-order valence-electron chi connectivity index (χ1n) is 5.85. The molecule has 2 fully saturated rings. The monoisotopic (exact) mass is 204 g/mol. The van der Waals surface area contributed by atoms with Crippen molar-refractivity contribution in [2.75, 3.05) is 0 Å². The molecule has 3 heteroatoms. The number of ketones is 1. The summed E-state index contributed by atoms with van der Waals surface area (Å²) in [5, 5.41) is 4.15. The lowest BCUT2D eigenvalue weighted by Gasteiger charge is -2.11. The summed E-state index contributed by atoms with van der Waals surface area (Å²) in [5.41, 5.74) is 0.809. The quantitative estimate of drug-likeness (QED) is 0.707. The fourth-order valence-corrected chi connectivity index (χ4v) is 2.93. The first-order valence-corrected chi connectivity index (χ1v) is 5.85. The molecule has 3 rings (SSSR count). The fourth-order valence-electron chi connectivity index (χ4n) is 2.93. The van der Waals surface area contributed by atoms with Gasteiger partial charge in [-0.05, 0) is 44.1 Å². The highest BCUT2D eigenvalue weighted by Crippen LogP contribution is 2.54. The maximum absolute atomic E-state index is 12.2. The van der Waals surface area contributed by atoms with E-state index in [2.05, 4.69) is 5.10 Å². The second-order valence-corrected chi connectivity index (χ2v) is 4.82. The van der Waals surface area contributed by atoms with Gasteiger partial charge in [-0.3, -0.25) is 9.48 Å². The molecule has 2 unspecified atom stereocenters. The third kappa shape index (κ3) is 1.41. The summed E-state index contributed by atoms with van der Waals surface area (Å²) in [7, 11) is 0. The van der Waals surface area contributed by atoms with Gasteiger partial charge >= 0.3 is 0 Å². The highest BCUT2D eigenvalue weighted by Gasteiger charge is 2.48. The number of rotatable bonds is 3. The number of carbonyl (C=O) groups excluding carboxylic acids is 1. The molecule has 2 aliphatic rings. The maximum Gasteiger partial charge on any atom is 0.183 e. The van der Waals surface area contributed by atoms with Crippen molar-refractivity contribution in [2.45, 2.75) is 32.7 Å². The van der Waals surface area contributed by atoms with E-state index in [1.165, 1.54) is 6.42 Å². The molecule has 3 nitrogen and oxygen atoms in total. The molecule has 1 aromatic heterocycles. The van der Waals surface area contributed by atoms with Crippen LogP contribution in [-0.4, -0.2) is 15.6 Å². The average molecular weight is 204 g/mol. The van der Waals surface area contributed by atoms with Crippen molar-refractivity contribution in [2.24, 2.45) is 17.8 Å². The number of hydrogen-bond acceptors (Lipinski definition) is 2. The van der Waals surface area contributed by atoms with Crippen molar-refractivity contribution in [1.29, 1.82) is 0 Å². The van der Waals surface area contributed by atoms with Crippen LogP contribution < -0.4 is 0 Å². The molecule has 1 aromatic rings. The Balaban J connectivity index is 1.79. The number of aromatic nitrogens is 2. The first kappa shape index (κ1) is 9.13. The summed E-state index contributed by atoms with van der Waals surface area (Å²) in [4.78, 5) is 12.2. The van der Waals surface area contributed by atoms with Gasteiger partial charge in [0.25, 0.3) is 0 Å². The van der Waals surface area contributed by atoms with E-state index in [1.807, 2.05) is 17.7 Å². The maximum atomic E-state index is 12.2. The van der Waals surface area contributed by atoms with Gasteiger partial charge in [0, 0.05) is 18.7 Å². The second-order valence-electron chi connectivity index (χ2n) is 4.82. The fraction of sp³-hybridized carbons (Fsp3) is 0.667. The Kier molecular flexibility index (Phi) is 1.94. The van der Waals surface area contributed by atoms with Crippen molar-refractivity contribution in [1.82, 2.24) is 9.78 Å². The van der Waals surface area contributed by atoms with Crippen LogP contribution in [0.25, 0.3) is 0 Å². The van der Waals surface area contributed by atoms with Crippen molar-refractivity contribution < 1.29 is 4.79 Å². The zero-order chi connectivity index (χ0) is 10.4. The van der Waals surface area contributed by atoms with Crippen LogP contribution in [0, 0.1) is 17.8 Å². The van der Waals surface area contributed by atoms with Gasteiger partial charge in [0.05, 0.1) is 0 Å². The third-order valence-electron chi connectivity index (χ3n) is 3.88. The molecule has 2 atom stereocenters. The molecule has 80 valence electrons. The van der Waals surface area contributed by atoms with Gasteiger partial charge in [-0.1, -0.05) is 0 Å². The van der Waals surface area contributed by atoms with E-state index in [0.29, 0.717) is 5.78 Å². The number of Topliss-reactive ketones (excluding diaryl/α,β-unsaturated/α-hetero) is 1. The van der Waals surface area contributed by atoms with E-state index in [-0.39, 0.29) is 5.92 Å². The van der Waals surface area contributed by atoms with Gasteiger partial charge in [0.2, 0.25) is 0 Å². The zero-order valence-corrected chi connectivity index (χ0v) is 9.02. The molecule has 0 aromatic carbocycles. The standard InChI is InChI=1S/C12H16N2O/c1-2-14-11(3-4-13-14)12(15)10-6-8-5-9(8)7-10/h3-4,8-10H,2,5-7H2,1H3. The molecule has 0 radical (unpaired) electrons. The minimum atomic E-state index is 0.288. The van der Waals surface area contributed by atoms with Crippen LogP contribution in [0.5, 0.6) is 0 Å². The lowest BCUT2D eigenvalue weighted by molar-refractivity contribution is 0.0903. The van der Waals surface area contributed by atoms with E-state index in [4.69, 9.17) is 0 Å². The average Bonchev–Trinajstić information content (AvgIpc) is 2.72. The number of nitrogens with zero attached hydrogens (tertiary/aromatic N) is 2. The lowest BCUT2D eigenvalue weighted by atomic mass is 9.96. The zero-order valence-electron chi connectivity index (χ0n) is 9.02. The molecule has 0 amide bonds. The van der Waals surface area contributed by atoms with Crippen LogP contribution in [0.1, 0.15) is 36.7 Å². The SMILES string of the molecule is CCn1nccc1C(=O)C1CC2CC2C1. The molecule has 0 saturated heterocycles. The van der Waals surface area contributed by atoms with Crippen LogP contribution in [0.15, 0.2) is 12.3 Å². The molecule has 0 aliphatic heterocycles.